The van der Waals surface area contributed by atoms with Gasteiger partial charge >= 0.3 is 5.97 Å². The molecule has 10 heteroatoms. The third kappa shape index (κ3) is 6.70. The molecule has 1 aromatic carbocycles. The number of carbonyl (C=O) groups excluding carboxylic acids is 1. The number of halogens is 2. The lowest BCUT2D eigenvalue weighted by Crippen LogP contribution is -2.33. The van der Waals surface area contributed by atoms with Crippen LogP contribution in [0.3, 0.4) is 0 Å². The maximum Gasteiger partial charge on any atom is 0.339 e. The molecule has 7 nitrogen and oxygen atoms in total. The Bertz CT molecular complexity index is 1010. The van der Waals surface area contributed by atoms with E-state index < -0.39 is 27.9 Å². The number of hydrogen-bond donors (Lipinski definition) is 1. The van der Waals surface area contributed by atoms with Crippen molar-refractivity contribution in [1.29, 1.82) is 0 Å². The molecule has 1 aromatic heterocycles. The van der Waals surface area contributed by atoms with E-state index in [0.717, 1.165) is 25.9 Å². The second-order valence-electron chi connectivity index (χ2n) is 7.47. The van der Waals surface area contributed by atoms with Crippen molar-refractivity contribution in [2.75, 3.05) is 26.7 Å². The fraction of sp³-hybridized carbons (Fsp3) is 0.429. The van der Waals surface area contributed by atoms with Crippen molar-refractivity contribution < 1.29 is 22.3 Å². The molecule has 0 bridgehead atoms. The fourth-order valence-electron chi connectivity index (χ4n) is 3.54. The van der Waals surface area contributed by atoms with Crippen molar-refractivity contribution in [2.45, 2.75) is 31.1 Å². The molecule has 2 heterocycles. The number of likely N-dealkylation sites (tertiary alicyclic amines) is 1. The number of benzene rings is 1. The zero-order valence-corrected chi connectivity index (χ0v) is 18.8. The van der Waals surface area contributed by atoms with Crippen molar-refractivity contribution >= 4 is 27.6 Å². The Labute approximate surface area is 186 Å². The van der Waals surface area contributed by atoms with Crippen LogP contribution in [-0.2, 0) is 20.5 Å². The van der Waals surface area contributed by atoms with Gasteiger partial charge in [-0.05, 0) is 68.7 Å². The van der Waals surface area contributed by atoms with E-state index in [1.54, 1.807) is 6.07 Å². The molecule has 2 aromatic rings. The highest BCUT2D eigenvalue weighted by molar-refractivity contribution is 7.88. The van der Waals surface area contributed by atoms with Crippen LogP contribution in [0.1, 0.15) is 46.9 Å². The number of nitrogens with one attached hydrogen (secondary N) is 1. The van der Waals surface area contributed by atoms with Crippen LogP contribution >= 0.6 is 11.6 Å². The van der Waals surface area contributed by atoms with E-state index in [4.69, 9.17) is 11.6 Å². The number of hydrogen-bond acceptors (Lipinski definition) is 6. The van der Waals surface area contributed by atoms with E-state index in [1.165, 1.54) is 37.6 Å². The van der Waals surface area contributed by atoms with Crippen molar-refractivity contribution in [3.63, 3.8) is 0 Å². The summed E-state index contributed by atoms with van der Waals surface area (Å²) in [4.78, 5) is 17.8. The normalized spacial score (nSPS) is 15.7. The SMILES string of the molecule is COC(=O)c1ccc(CS(=O)(=O)NC(CCN2CCCC2)c2ccc(F)c(Cl)c2)nc1. The molecule has 1 fully saturated rings. The lowest BCUT2D eigenvalue weighted by atomic mass is 10.0. The lowest BCUT2D eigenvalue weighted by Gasteiger charge is -2.23. The monoisotopic (exact) mass is 469 g/mol. The van der Waals surface area contributed by atoms with E-state index in [1.807, 2.05) is 0 Å². The molecule has 0 amide bonds. The fourth-order valence-corrected chi connectivity index (χ4v) is 5.06. The van der Waals surface area contributed by atoms with E-state index in [2.05, 4.69) is 19.3 Å². The minimum absolute atomic E-state index is 0.0528. The predicted octanol–water partition coefficient (Wildman–Crippen LogP) is 3.31. The van der Waals surface area contributed by atoms with Crippen molar-refractivity contribution in [1.82, 2.24) is 14.6 Å². The van der Waals surface area contributed by atoms with Crippen molar-refractivity contribution in [3.05, 3.63) is 64.2 Å². The van der Waals surface area contributed by atoms with Crippen LogP contribution in [0.5, 0.6) is 0 Å². The standard InChI is InChI=1S/C21H25ClFN3O4S/c1-30-21(27)16-4-6-17(24-13-16)14-31(28,29)25-20(8-11-26-9-2-3-10-26)15-5-7-19(23)18(22)12-15/h4-7,12-13,20,25H,2-3,8-11,14H2,1H3. The van der Waals surface area contributed by atoms with Gasteiger partial charge in [-0.3, -0.25) is 4.98 Å². The molecule has 0 aliphatic carbocycles. The number of rotatable bonds is 9. The number of pyridine rings is 1. The second kappa shape index (κ2) is 10.5. The minimum Gasteiger partial charge on any atom is -0.465 e. The molecular formula is C21H25ClFN3O4S. The molecule has 3 rings (SSSR count). The van der Waals surface area contributed by atoms with Gasteiger partial charge in [0.25, 0.3) is 0 Å². The molecule has 168 valence electrons. The molecular weight excluding hydrogens is 445 g/mol. The number of esters is 1. The Hall–Kier alpha value is -2.07. The summed E-state index contributed by atoms with van der Waals surface area (Å²) in [6, 6.07) is 6.62. The third-order valence-electron chi connectivity index (χ3n) is 5.18. The molecule has 0 radical (unpaired) electrons. The van der Waals surface area contributed by atoms with Gasteiger partial charge in [-0.1, -0.05) is 17.7 Å². The summed E-state index contributed by atoms with van der Waals surface area (Å²) in [5.74, 6) is -1.46. The van der Waals surface area contributed by atoms with Gasteiger partial charge in [0, 0.05) is 12.2 Å². The molecule has 0 spiro atoms. The Morgan fingerprint density at radius 2 is 2.03 bits per heavy atom. The van der Waals surface area contributed by atoms with Crippen LogP contribution < -0.4 is 4.72 Å². The van der Waals surface area contributed by atoms with Crippen LogP contribution in [0.2, 0.25) is 5.02 Å². The smallest absolute Gasteiger partial charge is 0.339 e. The number of methoxy groups -OCH3 is 1. The van der Waals surface area contributed by atoms with Gasteiger partial charge in [0.2, 0.25) is 10.0 Å². The summed E-state index contributed by atoms with van der Waals surface area (Å²) >= 11 is 5.93. The zero-order chi connectivity index (χ0) is 22.4. The van der Waals surface area contributed by atoms with E-state index in [9.17, 15) is 17.6 Å². The first kappa shape index (κ1) is 23.6. The number of ether oxygens (including phenoxy) is 1. The zero-order valence-electron chi connectivity index (χ0n) is 17.2. The molecule has 1 aliphatic heterocycles. The molecule has 1 atom stereocenters. The summed E-state index contributed by atoms with van der Waals surface area (Å²) in [6.07, 6.45) is 4.06. The van der Waals surface area contributed by atoms with Crippen LogP contribution in [0, 0.1) is 5.82 Å². The maximum absolute atomic E-state index is 13.6. The summed E-state index contributed by atoms with van der Waals surface area (Å²) in [5, 5.41) is -0.0528. The Morgan fingerprint density at radius 1 is 1.29 bits per heavy atom. The van der Waals surface area contributed by atoms with Gasteiger partial charge in [0.15, 0.2) is 0 Å². The largest absolute Gasteiger partial charge is 0.465 e. The molecule has 0 saturated carbocycles. The maximum atomic E-state index is 13.6. The van der Waals surface area contributed by atoms with Gasteiger partial charge in [-0.2, -0.15) is 0 Å². The first-order chi connectivity index (χ1) is 14.8. The highest BCUT2D eigenvalue weighted by atomic mass is 35.5. The second-order valence-corrected chi connectivity index (χ2v) is 9.63. The first-order valence-corrected chi connectivity index (χ1v) is 12.0. The summed E-state index contributed by atoms with van der Waals surface area (Å²) in [6.45, 7) is 2.69. The van der Waals surface area contributed by atoms with Crippen LogP contribution in [0.25, 0.3) is 0 Å². The number of nitrogens with zero attached hydrogens (tertiary/aromatic N) is 2. The van der Waals surface area contributed by atoms with Gasteiger partial charge in [-0.15, -0.1) is 0 Å². The topological polar surface area (TPSA) is 88.6 Å². The molecule has 31 heavy (non-hydrogen) atoms. The van der Waals surface area contributed by atoms with E-state index >= 15 is 0 Å². The van der Waals surface area contributed by atoms with Gasteiger partial charge in [0.05, 0.1) is 23.4 Å². The average molecular weight is 470 g/mol. The van der Waals surface area contributed by atoms with Gasteiger partial charge in [-0.25, -0.2) is 22.3 Å². The summed E-state index contributed by atoms with van der Waals surface area (Å²) in [5.41, 5.74) is 1.12. The summed E-state index contributed by atoms with van der Waals surface area (Å²) < 4.78 is 46.6. The average Bonchev–Trinajstić information content (AvgIpc) is 3.26. The highest BCUT2D eigenvalue weighted by Crippen LogP contribution is 2.25. The Morgan fingerprint density at radius 3 is 2.65 bits per heavy atom. The van der Waals surface area contributed by atoms with Crippen molar-refractivity contribution in [3.8, 4) is 0 Å². The van der Waals surface area contributed by atoms with Gasteiger partial charge < -0.3 is 9.64 Å². The Kier molecular flexibility index (Phi) is 7.99. The third-order valence-corrected chi connectivity index (χ3v) is 6.79. The quantitative estimate of drug-likeness (QED) is 0.567. The molecule has 1 N–H and O–H groups in total. The predicted molar refractivity (Wildman–Crippen MR) is 116 cm³/mol. The first-order valence-electron chi connectivity index (χ1n) is 9.98. The van der Waals surface area contributed by atoms with Crippen molar-refractivity contribution in [2.24, 2.45) is 0 Å². The van der Waals surface area contributed by atoms with E-state index in [0.29, 0.717) is 18.5 Å². The van der Waals surface area contributed by atoms with Crippen LogP contribution in [0.4, 0.5) is 4.39 Å². The minimum atomic E-state index is -3.77. The molecule has 1 saturated heterocycles. The van der Waals surface area contributed by atoms with Crippen LogP contribution in [0.15, 0.2) is 36.5 Å². The number of sulfonamides is 1. The number of aromatic nitrogens is 1. The lowest BCUT2D eigenvalue weighted by molar-refractivity contribution is 0.0600. The van der Waals surface area contributed by atoms with E-state index in [-0.39, 0.29) is 22.0 Å². The highest BCUT2D eigenvalue weighted by Gasteiger charge is 2.23. The Balaban J connectivity index is 1.74. The molecule has 1 aliphatic rings. The summed E-state index contributed by atoms with van der Waals surface area (Å²) in [7, 11) is -2.51. The molecule has 1 unspecified atom stereocenters. The van der Waals surface area contributed by atoms with Crippen LogP contribution in [-0.4, -0.2) is 51.0 Å². The van der Waals surface area contributed by atoms with Gasteiger partial charge in [0.1, 0.15) is 11.6 Å². The number of carbonyl (C=O) groups is 1.